The molecule has 0 spiro atoms. The van der Waals surface area contributed by atoms with Gasteiger partial charge in [0.2, 0.25) is 5.91 Å². The number of aromatic nitrogens is 2. The maximum absolute atomic E-state index is 14.2. The average Bonchev–Trinajstić information content (AvgIpc) is 3.67. The molecule has 2 aromatic carbocycles. The molecule has 0 radical (unpaired) electrons. The van der Waals surface area contributed by atoms with Gasteiger partial charge in [0.15, 0.2) is 0 Å². The third-order valence-electron chi connectivity index (χ3n) is 8.09. The quantitative estimate of drug-likeness (QED) is 0.486. The summed E-state index contributed by atoms with van der Waals surface area (Å²) in [6, 6.07) is 15.5. The van der Waals surface area contributed by atoms with E-state index in [2.05, 4.69) is 9.97 Å². The van der Waals surface area contributed by atoms with Crippen molar-refractivity contribution in [3.05, 3.63) is 78.4 Å². The summed E-state index contributed by atoms with van der Waals surface area (Å²) in [5.74, 6) is -1.01. The number of fused-ring (bicyclic) bond motifs is 2. The van der Waals surface area contributed by atoms with E-state index >= 15 is 0 Å². The summed E-state index contributed by atoms with van der Waals surface area (Å²) in [6.45, 7) is 0. The number of aliphatic carboxylic acids is 1. The number of anilines is 1. The third-order valence-corrected chi connectivity index (χ3v) is 8.09. The molecule has 38 heavy (non-hydrogen) atoms. The Hall–Kier alpha value is -4.07. The van der Waals surface area contributed by atoms with Gasteiger partial charge < -0.3 is 14.9 Å². The maximum atomic E-state index is 14.2. The van der Waals surface area contributed by atoms with Crippen molar-refractivity contribution >= 4 is 23.5 Å². The van der Waals surface area contributed by atoms with Crippen LogP contribution < -0.4 is 4.90 Å². The lowest BCUT2D eigenvalue weighted by Gasteiger charge is -2.48. The van der Waals surface area contributed by atoms with Gasteiger partial charge in [-0.2, -0.15) is 0 Å². The highest BCUT2D eigenvalue weighted by molar-refractivity contribution is 6.08. The number of carboxylic acids is 1. The number of nitrogens with zero attached hydrogens (tertiary/aromatic N) is 4. The smallest absolute Gasteiger partial charge is 0.303 e. The van der Waals surface area contributed by atoms with Crippen LogP contribution in [0.2, 0.25) is 0 Å². The molecule has 2 saturated carbocycles. The van der Waals surface area contributed by atoms with E-state index in [1.54, 1.807) is 12.4 Å². The first kappa shape index (κ1) is 24.3. The van der Waals surface area contributed by atoms with Crippen molar-refractivity contribution in [3.8, 4) is 11.1 Å². The average molecular weight is 511 g/mol. The highest BCUT2D eigenvalue weighted by atomic mass is 16.4. The zero-order valence-corrected chi connectivity index (χ0v) is 21.1. The number of benzene rings is 2. The molecule has 1 aromatic heterocycles. The van der Waals surface area contributed by atoms with Gasteiger partial charge >= 0.3 is 5.97 Å². The van der Waals surface area contributed by atoms with Crippen molar-refractivity contribution in [3.63, 3.8) is 0 Å². The van der Waals surface area contributed by atoms with Crippen molar-refractivity contribution in [2.75, 3.05) is 4.90 Å². The predicted molar refractivity (Wildman–Crippen MR) is 141 cm³/mol. The molecule has 1 N–H and O–H groups in total. The van der Waals surface area contributed by atoms with Crippen LogP contribution in [0.4, 0.5) is 5.69 Å². The van der Waals surface area contributed by atoms with E-state index in [0.717, 1.165) is 54.5 Å². The van der Waals surface area contributed by atoms with E-state index in [9.17, 15) is 19.5 Å². The van der Waals surface area contributed by atoms with Crippen LogP contribution in [0.15, 0.2) is 67.3 Å². The molecule has 3 unspecified atom stereocenters. The Labute approximate surface area is 221 Å². The molecule has 1 aliphatic heterocycles. The first-order chi connectivity index (χ1) is 18.5. The van der Waals surface area contributed by atoms with Crippen molar-refractivity contribution in [2.24, 2.45) is 5.92 Å². The second kappa shape index (κ2) is 10.0. The van der Waals surface area contributed by atoms with Crippen LogP contribution >= 0.6 is 0 Å². The van der Waals surface area contributed by atoms with Crippen LogP contribution in [0.1, 0.15) is 66.9 Å². The van der Waals surface area contributed by atoms with Gasteiger partial charge in [0.1, 0.15) is 6.33 Å². The number of carbonyl (C=O) groups is 3. The van der Waals surface area contributed by atoms with Crippen molar-refractivity contribution in [2.45, 2.75) is 63.1 Å². The van der Waals surface area contributed by atoms with Crippen LogP contribution in [0.3, 0.4) is 0 Å². The Morgan fingerprint density at radius 1 is 0.921 bits per heavy atom. The minimum atomic E-state index is -0.960. The minimum absolute atomic E-state index is 0.000520. The van der Waals surface area contributed by atoms with E-state index in [-0.39, 0.29) is 48.7 Å². The number of carbonyl (C=O) groups excluding carboxylic acids is 2. The fraction of sp³-hybridized carbons (Fsp3) is 0.367. The fourth-order valence-electron chi connectivity index (χ4n) is 6.34. The molecule has 8 nitrogen and oxygen atoms in total. The van der Waals surface area contributed by atoms with E-state index < -0.39 is 5.97 Å². The Balaban J connectivity index is 1.39. The normalized spacial score (nSPS) is 21.9. The number of hydrogen-bond acceptors (Lipinski definition) is 5. The third kappa shape index (κ3) is 4.44. The Kier molecular flexibility index (Phi) is 6.39. The molecule has 2 aliphatic carbocycles. The fourth-order valence-corrected chi connectivity index (χ4v) is 6.34. The summed E-state index contributed by atoms with van der Waals surface area (Å²) in [5.41, 5.74) is 4.15. The van der Waals surface area contributed by atoms with E-state index in [1.165, 1.54) is 6.33 Å². The molecule has 3 atom stereocenters. The summed E-state index contributed by atoms with van der Waals surface area (Å²) in [7, 11) is 0. The number of rotatable bonds is 7. The first-order valence-corrected chi connectivity index (χ1v) is 13.3. The summed E-state index contributed by atoms with van der Waals surface area (Å²) in [4.78, 5) is 50.9. The highest BCUT2D eigenvalue weighted by Crippen LogP contribution is 2.53. The lowest BCUT2D eigenvalue weighted by atomic mass is 9.81. The Morgan fingerprint density at radius 2 is 1.71 bits per heavy atom. The minimum Gasteiger partial charge on any atom is -0.481 e. The largest absolute Gasteiger partial charge is 0.481 e. The molecule has 0 saturated heterocycles. The molecule has 6 rings (SSSR count). The van der Waals surface area contributed by atoms with Crippen molar-refractivity contribution < 1.29 is 19.5 Å². The molecule has 8 heteroatoms. The van der Waals surface area contributed by atoms with Gasteiger partial charge in [-0.1, -0.05) is 36.8 Å². The molecule has 2 amide bonds. The van der Waals surface area contributed by atoms with E-state index in [0.29, 0.717) is 5.56 Å². The van der Waals surface area contributed by atoms with Gasteiger partial charge in [0.05, 0.1) is 12.5 Å². The maximum Gasteiger partial charge on any atom is 0.303 e. The number of amides is 2. The molecule has 2 heterocycles. The zero-order valence-electron chi connectivity index (χ0n) is 21.1. The van der Waals surface area contributed by atoms with Crippen LogP contribution in [0, 0.1) is 5.92 Å². The Morgan fingerprint density at radius 3 is 2.47 bits per heavy atom. The van der Waals surface area contributed by atoms with Crippen molar-refractivity contribution in [1.29, 1.82) is 0 Å². The van der Waals surface area contributed by atoms with Gasteiger partial charge in [0, 0.05) is 53.6 Å². The standard InChI is InChI=1S/C30H30N4O4/c35-27(13-14-28(36)37)33(22-11-12-22)29-23-7-1-2-9-25(23)34(26-10-4-8-24(26)29)30(38)20-6-3-5-19(15-20)21-16-31-18-32-17-21/h1-3,5-7,9,15-18,22,24,26,29H,4,8,10-14H2,(H,36,37). The summed E-state index contributed by atoms with van der Waals surface area (Å²) >= 11 is 0. The van der Waals surface area contributed by atoms with Gasteiger partial charge in [-0.05, 0) is 55.0 Å². The van der Waals surface area contributed by atoms with Gasteiger partial charge in [-0.25, -0.2) is 9.97 Å². The van der Waals surface area contributed by atoms with Crippen LogP contribution in [-0.4, -0.2) is 49.8 Å². The van der Waals surface area contributed by atoms with Gasteiger partial charge in [-0.15, -0.1) is 0 Å². The highest BCUT2D eigenvalue weighted by Gasteiger charge is 2.51. The Bertz CT molecular complexity index is 1370. The number of hydrogen-bond donors (Lipinski definition) is 1. The molecular weight excluding hydrogens is 480 g/mol. The predicted octanol–water partition coefficient (Wildman–Crippen LogP) is 4.87. The van der Waals surface area contributed by atoms with Crippen molar-refractivity contribution in [1.82, 2.24) is 14.9 Å². The zero-order chi connectivity index (χ0) is 26.2. The molecule has 0 bridgehead atoms. The molecule has 3 aliphatic rings. The van der Waals surface area contributed by atoms with E-state index in [4.69, 9.17) is 0 Å². The topological polar surface area (TPSA) is 104 Å². The second-order valence-corrected chi connectivity index (χ2v) is 10.5. The summed E-state index contributed by atoms with van der Waals surface area (Å²) < 4.78 is 0. The summed E-state index contributed by atoms with van der Waals surface area (Å²) in [5, 5.41) is 9.19. The SMILES string of the molecule is O=C(O)CCC(=O)N(C1CC1)C1c2ccccc2N(C(=O)c2cccc(-c3cncnc3)c2)C2CCCC21. The molecular formula is C30H30N4O4. The van der Waals surface area contributed by atoms with Gasteiger partial charge in [-0.3, -0.25) is 14.4 Å². The molecule has 2 fully saturated rings. The van der Waals surface area contributed by atoms with Gasteiger partial charge in [0.25, 0.3) is 5.91 Å². The summed E-state index contributed by atoms with van der Waals surface area (Å²) in [6.07, 6.45) is 9.43. The molecule has 3 aromatic rings. The lowest BCUT2D eigenvalue weighted by molar-refractivity contribution is -0.142. The van der Waals surface area contributed by atoms with Crippen LogP contribution in [0.5, 0.6) is 0 Å². The van der Waals surface area contributed by atoms with Crippen LogP contribution in [-0.2, 0) is 9.59 Å². The lowest BCUT2D eigenvalue weighted by Crippen LogP contribution is -2.52. The second-order valence-electron chi connectivity index (χ2n) is 10.5. The van der Waals surface area contributed by atoms with E-state index in [1.807, 2.05) is 58.3 Å². The number of para-hydroxylation sites is 1. The number of carboxylic acid groups (broad SMARTS) is 1. The monoisotopic (exact) mass is 510 g/mol. The molecule has 194 valence electrons. The van der Waals surface area contributed by atoms with Crippen LogP contribution in [0.25, 0.3) is 11.1 Å². The first-order valence-electron chi connectivity index (χ1n) is 13.3.